The van der Waals surface area contributed by atoms with Crippen molar-refractivity contribution < 1.29 is 9.90 Å². The van der Waals surface area contributed by atoms with Crippen LogP contribution in [0.1, 0.15) is 29.1 Å². The van der Waals surface area contributed by atoms with E-state index < -0.39 is 5.97 Å². The highest BCUT2D eigenvalue weighted by atomic mass is 16.4. The molecule has 1 unspecified atom stereocenters. The van der Waals surface area contributed by atoms with Gasteiger partial charge in [0.25, 0.3) is 0 Å². The van der Waals surface area contributed by atoms with Crippen LogP contribution in [-0.4, -0.2) is 30.8 Å². The Labute approximate surface area is 109 Å². The Bertz CT molecular complexity index is 609. The molecule has 0 amide bonds. The summed E-state index contributed by atoms with van der Waals surface area (Å²) in [6.45, 7) is 1.84. The van der Waals surface area contributed by atoms with Gasteiger partial charge in [0.1, 0.15) is 17.7 Å². The van der Waals surface area contributed by atoms with Crippen molar-refractivity contribution in [2.45, 2.75) is 13.0 Å². The number of aromatic carboxylic acids is 1. The number of carboxylic acid groups (broad SMARTS) is 1. The Kier molecular flexibility index (Phi) is 3.32. The maximum absolute atomic E-state index is 11.1. The number of carbonyl (C=O) groups is 1. The quantitative estimate of drug-likeness (QED) is 0.740. The Morgan fingerprint density at radius 2 is 2.32 bits per heavy atom. The first kappa shape index (κ1) is 12.8. The van der Waals surface area contributed by atoms with Crippen LogP contribution < -0.4 is 11.1 Å². The van der Waals surface area contributed by atoms with Crippen LogP contribution in [0.3, 0.4) is 0 Å². The van der Waals surface area contributed by atoms with Gasteiger partial charge in [-0.3, -0.25) is 0 Å². The topological polar surface area (TPSA) is 119 Å². The molecule has 2 rings (SSSR count). The van der Waals surface area contributed by atoms with Crippen LogP contribution in [0, 0.1) is 0 Å². The third kappa shape index (κ3) is 2.62. The average molecular weight is 262 g/mol. The third-order valence-electron chi connectivity index (χ3n) is 2.63. The highest BCUT2D eigenvalue weighted by Crippen LogP contribution is 2.20. The summed E-state index contributed by atoms with van der Waals surface area (Å²) in [5, 5.41) is 19.8. The van der Waals surface area contributed by atoms with Gasteiger partial charge in [-0.15, -0.1) is 10.2 Å². The molecule has 0 aliphatic carbocycles. The fourth-order valence-corrected chi connectivity index (χ4v) is 1.71. The fourth-order valence-electron chi connectivity index (χ4n) is 1.71. The zero-order valence-corrected chi connectivity index (χ0v) is 10.5. The minimum absolute atomic E-state index is 0.0222. The van der Waals surface area contributed by atoms with Crippen molar-refractivity contribution in [3.05, 3.63) is 30.0 Å². The highest BCUT2D eigenvalue weighted by molar-refractivity contribution is 5.94. The number of nitrogens with two attached hydrogens (primary N) is 1. The molecule has 1 atom stereocenters. The molecular weight excluding hydrogens is 248 g/mol. The lowest BCUT2D eigenvalue weighted by Crippen LogP contribution is -2.15. The molecule has 2 heterocycles. The predicted molar refractivity (Wildman–Crippen MR) is 68.6 cm³/mol. The molecule has 0 bridgehead atoms. The first-order valence-corrected chi connectivity index (χ1v) is 5.58. The number of hydrogen-bond donors (Lipinski definition) is 3. The van der Waals surface area contributed by atoms with E-state index in [0.717, 1.165) is 0 Å². The molecule has 0 radical (unpaired) electrons. The number of pyridine rings is 1. The second-order valence-corrected chi connectivity index (χ2v) is 4.14. The summed E-state index contributed by atoms with van der Waals surface area (Å²) < 4.78 is 1.75. The summed E-state index contributed by atoms with van der Waals surface area (Å²) in [6.07, 6.45) is 2.97. The van der Waals surface area contributed by atoms with Gasteiger partial charge in [-0.1, -0.05) is 0 Å². The van der Waals surface area contributed by atoms with Crippen molar-refractivity contribution in [3.8, 4) is 0 Å². The van der Waals surface area contributed by atoms with Gasteiger partial charge in [-0.2, -0.15) is 0 Å². The van der Waals surface area contributed by atoms with E-state index in [1.54, 1.807) is 10.9 Å². The van der Waals surface area contributed by atoms with E-state index in [2.05, 4.69) is 20.5 Å². The lowest BCUT2D eigenvalue weighted by molar-refractivity contribution is 0.0697. The normalized spacial score (nSPS) is 12.1. The van der Waals surface area contributed by atoms with E-state index in [0.29, 0.717) is 11.5 Å². The summed E-state index contributed by atoms with van der Waals surface area (Å²) >= 11 is 0. The molecule has 4 N–H and O–H groups in total. The van der Waals surface area contributed by atoms with E-state index >= 15 is 0 Å². The SMILES string of the molecule is CC(Nc1ncc(N)cc1C(=O)O)c1nncn1C. The number of nitrogen functional groups attached to an aromatic ring is 1. The van der Waals surface area contributed by atoms with Gasteiger partial charge < -0.3 is 20.7 Å². The smallest absolute Gasteiger partial charge is 0.339 e. The molecule has 0 aromatic carbocycles. The van der Waals surface area contributed by atoms with Gasteiger partial charge in [0, 0.05) is 7.05 Å². The molecular formula is C11H14N6O2. The number of hydrogen-bond acceptors (Lipinski definition) is 6. The standard InChI is InChI=1S/C11H14N6O2/c1-6(10-16-14-5-17(10)2)15-9-8(11(18)19)3-7(12)4-13-9/h3-6H,12H2,1-2H3,(H,13,15)(H,18,19). The molecule has 2 aromatic rings. The van der Waals surface area contributed by atoms with Crippen LogP contribution in [0.2, 0.25) is 0 Å². The maximum atomic E-state index is 11.1. The number of aryl methyl sites for hydroxylation is 1. The largest absolute Gasteiger partial charge is 0.478 e. The van der Waals surface area contributed by atoms with Gasteiger partial charge >= 0.3 is 5.97 Å². The highest BCUT2D eigenvalue weighted by Gasteiger charge is 2.17. The first-order valence-electron chi connectivity index (χ1n) is 5.58. The number of nitrogens with zero attached hydrogens (tertiary/aromatic N) is 4. The Balaban J connectivity index is 2.29. The van der Waals surface area contributed by atoms with E-state index in [-0.39, 0.29) is 17.4 Å². The molecule has 0 saturated carbocycles. The van der Waals surface area contributed by atoms with Crippen LogP contribution in [0.15, 0.2) is 18.6 Å². The maximum Gasteiger partial charge on any atom is 0.339 e. The first-order chi connectivity index (χ1) is 8.99. The van der Waals surface area contributed by atoms with Crippen LogP contribution in [0.5, 0.6) is 0 Å². The van der Waals surface area contributed by atoms with E-state index in [1.807, 2.05) is 14.0 Å². The molecule has 8 nitrogen and oxygen atoms in total. The molecule has 0 fully saturated rings. The summed E-state index contributed by atoms with van der Waals surface area (Å²) in [6, 6.07) is 1.13. The summed E-state index contributed by atoms with van der Waals surface area (Å²) in [5.74, 6) is -0.167. The van der Waals surface area contributed by atoms with Crippen LogP contribution >= 0.6 is 0 Å². The lowest BCUT2D eigenvalue weighted by atomic mass is 10.2. The molecule has 100 valence electrons. The van der Waals surface area contributed by atoms with E-state index in [4.69, 9.17) is 10.8 Å². The lowest BCUT2D eigenvalue weighted by Gasteiger charge is -2.15. The molecule has 0 saturated heterocycles. The second-order valence-electron chi connectivity index (χ2n) is 4.14. The van der Waals surface area contributed by atoms with Crippen molar-refractivity contribution in [2.24, 2.45) is 7.05 Å². The molecule has 0 aliphatic rings. The van der Waals surface area contributed by atoms with Gasteiger partial charge in [0.2, 0.25) is 0 Å². The van der Waals surface area contributed by atoms with Crippen LogP contribution in [-0.2, 0) is 7.05 Å². The molecule has 0 spiro atoms. The van der Waals surface area contributed by atoms with Crippen molar-refractivity contribution >= 4 is 17.5 Å². The van der Waals surface area contributed by atoms with Gasteiger partial charge in [0.15, 0.2) is 5.82 Å². The molecule has 19 heavy (non-hydrogen) atoms. The monoisotopic (exact) mass is 262 g/mol. The second kappa shape index (κ2) is 4.92. The number of nitrogens with one attached hydrogen (secondary N) is 1. The number of aromatic nitrogens is 4. The zero-order valence-electron chi connectivity index (χ0n) is 10.5. The zero-order chi connectivity index (χ0) is 14.0. The molecule has 8 heteroatoms. The molecule has 0 aliphatic heterocycles. The number of anilines is 2. The summed E-state index contributed by atoms with van der Waals surface area (Å²) in [7, 11) is 1.81. The Morgan fingerprint density at radius 3 is 2.89 bits per heavy atom. The van der Waals surface area contributed by atoms with Crippen LogP contribution in [0.25, 0.3) is 0 Å². The average Bonchev–Trinajstić information content (AvgIpc) is 2.77. The third-order valence-corrected chi connectivity index (χ3v) is 2.63. The Morgan fingerprint density at radius 1 is 1.58 bits per heavy atom. The molecule has 2 aromatic heterocycles. The number of rotatable bonds is 4. The van der Waals surface area contributed by atoms with Gasteiger partial charge in [0.05, 0.1) is 17.9 Å². The van der Waals surface area contributed by atoms with Crippen molar-refractivity contribution in [1.82, 2.24) is 19.7 Å². The fraction of sp³-hybridized carbons (Fsp3) is 0.273. The van der Waals surface area contributed by atoms with Crippen molar-refractivity contribution in [2.75, 3.05) is 11.1 Å². The van der Waals surface area contributed by atoms with Gasteiger partial charge in [-0.25, -0.2) is 9.78 Å². The van der Waals surface area contributed by atoms with Crippen molar-refractivity contribution in [3.63, 3.8) is 0 Å². The van der Waals surface area contributed by atoms with Crippen molar-refractivity contribution in [1.29, 1.82) is 0 Å². The summed E-state index contributed by atoms with van der Waals surface area (Å²) in [4.78, 5) is 15.1. The Hall–Kier alpha value is -2.64. The van der Waals surface area contributed by atoms with Crippen LogP contribution in [0.4, 0.5) is 11.5 Å². The number of carboxylic acids is 1. The van der Waals surface area contributed by atoms with E-state index in [9.17, 15) is 4.79 Å². The minimum Gasteiger partial charge on any atom is -0.478 e. The summed E-state index contributed by atoms with van der Waals surface area (Å²) in [5.41, 5.74) is 5.86. The van der Waals surface area contributed by atoms with E-state index in [1.165, 1.54) is 12.3 Å². The van der Waals surface area contributed by atoms with Gasteiger partial charge in [-0.05, 0) is 13.0 Å². The minimum atomic E-state index is -1.09. The predicted octanol–water partition coefficient (Wildman–Crippen LogP) is 0.664.